The van der Waals surface area contributed by atoms with E-state index in [0.717, 1.165) is 11.9 Å². The largest absolute Gasteiger partial charge is 0.498 e. The van der Waals surface area contributed by atoms with Crippen LogP contribution in [0.25, 0.3) is 0 Å². The third-order valence-electron chi connectivity index (χ3n) is 3.16. The summed E-state index contributed by atoms with van der Waals surface area (Å²) in [5, 5.41) is 0. The monoisotopic (exact) mass is 166 g/mol. The lowest BCUT2D eigenvalue weighted by Crippen LogP contribution is -2.28. The number of rotatable bonds is 1. The van der Waals surface area contributed by atoms with E-state index in [2.05, 4.69) is 6.92 Å². The highest BCUT2D eigenvalue weighted by Crippen LogP contribution is 2.41. The number of aldehydes is 1. The molecule has 1 saturated carbocycles. The van der Waals surface area contributed by atoms with E-state index in [1.54, 1.807) is 6.26 Å². The highest BCUT2D eigenvalue weighted by molar-refractivity contribution is 5.74. The summed E-state index contributed by atoms with van der Waals surface area (Å²) < 4.78 is 5.40. The van der Waals surface area contributed by atoms with E-state index in [1.165, 1.54) is 19.3 Å². The molecule has 0 aromatic rings. The molecule has 1 aliphatic heterocycles. The standard InChI is InChI=1S/C10H14O2/c1-7-9-3-2-4-10(9)8(5-11)6-12-7/h5-7,9-10H,2-4H2,1H3. The molecule has 0 aromatic heterocycles. The number of carbonyl (C=O) groups is 1. The lowest BCUT2D eigenvalue weighted by atomic mass is 9.85. The Morgan fingerprint density at radius 2 is 2.42 bits per heavy atom. The van der Waals surface area contributed by atoms with Crippen molar-refractivity contribution in [1.29, 1.82) is 0 Å². The fourth-order valence-corrected chi connectivity index (χ4v) is 2.45. The topological polar surface area (TPSA) is 26.3 Å². The molecule has 12 heavy (non-hydrogen) atoms. The second kappa shape index (κ2) is 2.92. The first-order valence-electron chi connectivity index (χ1n) is 4.63. The first-order valence-corrected chi connectivity index (χ1v) is 4.63. The average molecular weight is 166 g/mol. The van der Waals surface area contributed by atoms with Crippen LogP contribution in [0.15, 0.2) is 11.8 Å². The van der Waals surface area contributed by atoms with Gasteiger partial charge in [-0.15, -0.1) is 0 Å². The maximum absolute atomic E-state index is 10.7. The third kappa shape index (κ3) is 1.06. The van der Waals surface area contributed by atoms with Gasteiger partial charge in [0.05, 0.1) is 12.4 Å². The van der Waals surface area contributed by atoms with Gasteiger partial charge in [-0.25, -0.2) is 0 Å². The van der Waals surface area contributed by atoms with Crippen molar-refractivity contribution < 1.29 is 9.53 Å². The predicted molar refractivity (Wildman–Crippen MR) is 45.5 cm³/mol. The smallest absolute Gasteiger partial charge is 0.149 e. The molecule has 1 heterocycles. The molecule has 2 nitrogen and oxygen atoms in total. The Morgan fingerprint density at radius 1 is 1.58 bits per heavy atom. The summed E-state index contributed by atoms with van der Waals surface area (Å²) in [7, 11) is 0. The summed E-state index contributed by atoms with van der Waals surface area (Å²) in [6.45, 7) is 2.10. The minimum Gasteiger partial charge on any atom is -0.498 e. The SMILES string of the molecule is CC1OC=C(C=O)C2CCCC12. The van der Waals surface area contributed by atoms with Gasteiger partial charge in [0.25, 0.3) is 0 Å². The Morgan fingerprint density at radius 3 is 3.17 bits per heavy atom. The molecule has 2 aliphatic rings. The van der Waals surface area contributed by atoms with Crippen molar-refractivity contribution in [2.75, 3.05) is 0 Å². The van der Waals surface area contributed by atoms with Gasteiger partial charge in [0, 0.05) is 11.5 Å². The molecule has 2 heteroatoms. The van der Waals surface area contributed by atoms with Crippen molar-refractivity contribution >= 4 is 6.29 Å². The van der Waals surface area contributed by atoms with Gasteiger partial charge in [-0.3, -0.25) is 4.79 Å². The molecule has 0 bridgehead atoms. The normalized spacial score (nSPS) is 39.8. The number of hydrogen-bond acceptors (Lipinski definition) is 2. The first kappa shape index (κ1) is 7.84. The van der Waals surface area contributed by atoms with Crippen molar-refractivity contribution in [2.45, 2.75) is 32.3 Å². The van der Waals surface area contributed by atoms with Crippen LogP contribution in [0, 0.1) is 11.8 Å². The Balaban J connectivity index is 2.23. The van der Waals surface area contributed by atoms with Crippen molar-refractivity contribution in [3.63, 3.8) is 0 Å². The molecule has 1 fully saturated rings. The van der Waals surface area contributed by atoms with Crippen LogP contribution < -0.4 is 0 Å². The zero-order chi connectivity index (χ0) is 8.55. The van der Waals surface area contributed by atoms with Gasteiger partial charge in [-0.1, -0.05) is 6.42 Å². The molecule has 0 N–H and O–H groups in total. The number of hydrogen-bond donors (Lipinski definition) is 0. The van der Waals surface area contributed by atoms with Crippen LogP contribution in [0.1, 0.15) is 26.2 Å². The highest BCUT2D eigenvalue weighted by atomic mass is 16.5. The lowest BCUT2D eigenvalue weighted by molar-refractivity contribution is -0.106. The molecule has 0 radical (unpaired) electrons. The van der Waals surface area contributed by atoms with Crippen molar-refractivity contribution in [3.05, 3.63) is 11.8 Å². The highest BCUT2D eigenvalue weighted by Gasteiger charge is 2.37. The van der Waals surface area contributed by atoms with Gasteiger partial charge in [-0.05, 0) is 25.7 Å². The predicted octanol–water partition coefficient (Wildman–Crippen LogP) is 1.90. The third-order valence-corrected chi connectivity index (χ3v) is 3.16. The quantitative estimate of drug-likeness (QED) is 0.556. The van der Waals surface area contributed by atoms with Gasteiger partial charge in [0.15, 0.2) is 0 Å². The molecule has 3 atom stereocenters. The Hall–Kier alpha value is -0.790. The van der Waals surface area contributed by atoms with Gasteiger partial charge in [0.1, 0.15) is 6.29 Å². The summed E-state index contributed by atoms with van der Waals surface area (Å²) >= 11 is 0. The molecule has 0 saturated heterocycles. The zero-order valence-corrected chi connectivity index (χ0v) is 7.32. The second-order valence-electron chi connectivity index (χ2n) is 3.78. The Bertz CT molecular complexity index is 220. The molecular formula is C10H14O2. The van der Waals surface area contributed by atoms with E-state index < -0.39 is 0 Å². The van der Waals surface area contributed by atoms with Crippen LogP contribution in [0.2, 0.25) is 0 Å². The van der Waals surface area contributed by atoms with Crippen molar-refractivity contribution in [3.8, 4) is 0 Å². The van der Waals surface area contributed by atoms with Gasteiger partial charge >= 0.3 is 0 Å². The fraction of sp³-hybridized carbons (Fsp3) is 0.700. The number of carbonyl (C=O) groups excluding carboxylic acids is 1. The molecule has 1 aliphatic carbocycles. The van der Waals surface area contributed by atoms with Crippen LogP contribution >= 0.6 is 0 Å². The van der Waals surface area contributed by atoms with Gasteiger partial charge < -0.3 is 4.74 Å². The van der Waals surface area contributed by atoms with E-state index in [1.807, 2.05) is 0 Å². The van der Waals surface area contributed by atoms with Gasteiger partial charge in [0.2, 0.25) is 0 Å². The van der Waals surface area contributed by atoms with Crippen molar-refractivity contribution in [2.24, 2.45) is 11.8 Å². The number of ether oxygens (including phenoxy) is 1. The molecule has 3 unspecified atom stereocenters. The van der Waals surface area contributed by atoms with E-state index >= 15 is 0 Å². The van der Waals surface area contributed by atoms with Crippen LogP contribution in [-0.4, -0.2) is 12.4 Å². The lowest BCUT2D eigenvalue weighted by Gasteiger charge is -2.30. The van der Waals surface area contributed by atoms with Crippen molar-refractivity contribution in [1.82, 2.24) is 0 Å². The van der Waals surface area contributed by atoms with Crippen LogP contribution in [0.5, 0.6) is 0 Å². The summed E-state index contributed by atoms with van der Waals surface area (Å²) in [4.78, 5) is 10.7. The van der Waals surface area contributed by atoms with Crippen LogP contribution in [-0.2, 0) is 9.53 Å². The molecule has 66 valence electrons. The first-order chi connectivity index (χ1) is 5.83. The average Bonchev–Trinajstić information content (AvgIpc) is 2.54. The summed E-state index contributed by atoms with van der Waals surface area (Å²) in [6, 6.07) is 0. The summed E-state index contributed by atoms with van der Waals surface area (Å²) in [5.74, 6) is 1.08. The van der Waals surface area contributed by atoms with E-state index in [4.69, 9.17) is 4.74 Å². The van der Waals surface area contributed by atoms with E-state index in [-0.39, 0.29) is 0 Å². The maximum Gasteiger partial charge on any atom is 0.149 e. The number of fused-ring (bicyclic) bond motifs is 1. The van der Waals surface area contributed by atoms with Crippen LogP contribution in [0.4, 0.5) is 0 Å². The Labute approximate surface area is 72.6 Å². The Kier molecular flexibility index (Phi) is 1.91. The zero-order valence-electron chi connectivity index (χ0n) is 7.32. The second-order valence-corrected chi connectivity index (χ2v) is 3.78. The van der Waals surface area contributed by atoms with E-state index in [9.17, 15) is 4.79 Å². The molecule has 2 rings (SSSR count). The molecule has 0 aromatic carbocycles. The minimum absolute atomic E-state index is 0.307. The molecule has 0 spiro atoms. The fourth-order valence-electron chi connectivity index (χ4n) is 2.45. The molecular weight excluding hydrogens is 152 g/mol. The van der Waals surface area contributed by atoms with E-state index in [0.29, 0.717) is 17.9 Å². The molecule has 0 amide bonds. The number of allylic oxidation sites excluding steroid dienone is 1. The van der Waals surface area contributed by atoms with Gasteiger partial charge in [-0.2, -0.15) is 0 Å². The summed E-state index contributed by atoms with van der Waals surface area (Å²) in [5.41, 5.74) is 0.871. The summed E-state index contributed by atoms with van der Waals surface area (Å²) in [6.07, 6.45) is 6.55. The maximum atomic E-state index is 10.7. The van der Waals surface area contributed by atoms with Crippen LogP contribution in [0.3, 0.4) is 0 Å². The minimum atomic E-state index is 0.307.